The van der Waals surface area contributed by atoms with Crippen molar-refractivity contribution in [3.63, 3.8) is 0 Å². The molecule has 5 rings (SSSR count). The van der Waals surface area contributed by atoms with E-state index in [1.54, 1.807) is 11.3 Å². The molecular formula is C22H20ClN3OS. The standard InChI is InChI=1S/C22H20ClN3OS/c23-16-8-4-7-15(11-16)20-24-21(27)19-17-9-10-26(12-14-5-2-1-3-6-14)13-18(17)28-22(19)25-20/h1-8,11,20,25H,9-10,12-13H2,(H,24,27). The Morgan fingerprint density at radius 1 is 1.11 bits per heavy atom. The molecule has 1 aromatic heterocycles. The van der Waals surface area contributed by atoms with Gasteiger partial charge in [0, 0.05) is 29.5 Å². The van der Waals surface area contributed by atoms with Crippen LogP contribution in [0.1, 0.15) is 38.1 Å². The molecule has 2 aromatic carbocycles. The van der Waals surface area contributed by atoms with Gasteiger partial charge in [-0.3, -0.25) is 9.69 Å². The SMILES string of the molecule is O=C1NC(c2cccc(Cl)c2)Nc2sc3c(c21)CCN(Cc1ccccc1)C3. The van der Waals surface area contributed by atoms with Gasteiger partial charge in [-0.2, -0.15) is 0 Å². The number of benzene rings is 2. The van der Waals surface area contributed by atoms with Crippen molar-refractivity contribution in [1.82, 2.24) is 10.2 Å². The lowest BCUT2D eigenvalue weighted by Gasteiger charge is -2.28. The Kier molecular flexibility index (Phi) is 4.59. The topological polar surface area (TPSA) is 44.4 Å². The summed E-state index contributed by atoms with van der Waals surface area (Å²) in [6, 6.07) is 18.2. The van der Waals surface area contributed by atoms with Gasteiger partial charge in [-0.25, -0.2) is 0 Å². The molecule has 0 aliphatic carbocycles. The van der Waals surface area contributed by atoms with Crippen molar-refractivity contribution in [3.05, 3.63) is 86.8 Å². The fraction of sp³-hybridized carbons (Fsp3) is 0.227. The van der Waals surface area contributed by atoms with Crippen molar-refractivity contribution in [2.75, 3.05) is 11.9 Å². The van der Waals surface area contributed by atoms with Crippen LogP contribution in [0.5, 0.6) is 0 Å². The molecule has 2 aliphatic heterocycles. The van der Waals surface area contributed by atoms with Gasteiger partial charge in [0.15, 0.2) is 0 Å². The molecule has 3 heterocycles. The number of amides is 1. The van der Waals surface area contributed by atoms with E-state index in [-0.39, 0.29) is 12.1 Å². The second-order valence-electron chi connectivity index (χ2n) is 7.26. The summed E-state index contributed by atoms with van der Waals surface area (Å²) in [5.74, 6) is 0.00716. The van der Waals surface area contributed by atoms with Gasteiger partial charge in [0.2, 0.25) is 0 Å². The van der Waals surface area contributed by atoms with Crippen LogP contribution in [0.4, 0.5) is 5.00 Å². The molecule has 0 fully saturated rings. The minimum Gasteiger partial charge on any atom is -0.353 e. The molecule has 1 atom stereocenters. The van der Waals surface area contributed by atoms with Crippen LogP contribution in [0, 0.1) is 0 Å². The minimum atomic E-state index is -0.251. The highest BCUT2D eigenvalue weighted by Gasteiger charge is 2.33. The van der Waals surface area contributed by atoms with E-state index in [2.05, 4.69) is 39.8 Å². The summed E-state index contributed by atoms with van der Waals surface area (Å²) in [5.41, 5.74) is 4.32. The Hall–Kier alpha value is -2.34. The highest BCUT2D eigenvalue weighted by Crippen LogP contribution is 2.41. The third-order valence-corrected chi connectivity index (χ3v) is 6.73. The lowest BCUT2D eigenvalue weighted by Crippen LogP contribution is -2.38. The molecule has 3 aromatic rings. The summed E-state index contributed by atoms with van der Waals surface area (Å²) < 4.78 is 0. The number of thiophene rings is 1. The fourth-order valence-electron chi connectivity index (χ4n) is 4.00. The van der Waals surface area contributed by atoms with Crippen LogP contribution in [0.15, 0.2) is 54.6 Å². The van der Waals surface area contributed by atoms with Crippen molar-refractivity contribution < 1.29 is 4.79 Å². The summed E-state index contributed by atoms with van der Waals surface area (Å²) in [6.45, 7) is 2.79. The fourth-order valence-corrected chi connectivity index (χ4v) is 5.51. The molecule has 2 aliphatic rings. The van der Waals surface area contributed by atoms with Gasteiger partial charge >= 0.3 is 0 Å². The lowest BCUT2D eigenvalue weighted by atomic mass is 10.00. The first kappa shape index (κ1) is 17.7. The van der Waals surface area contributed by atoms with E-state index in [0.717, 1.165) is 42.2 Å². The third kappa shape index (κ3) is 3.30. The van der Waals surface area contributed by atoms with Crippen molar-refractivity contribution in [2.24, 2.45) is 0 Å². The molecule has 1 amide bonds. The first-order valence-electron chi connectivity index (χ1n) is 9.41. The quantitative estimate of drug-likeness (QED) is 0.652. The second kappa shape index (κ2) is 7.24. The molecule has 0 bridgehead atoms. The number of fused-ring (bicyclic) bond motifs is 3. The van der Waals surface area contributed by atoms with E-state index in [1.165, 1.54) is 16.0 Å². The molecule has 0 radical (unpaired) electrons. The molecule has 4 nitrogen and oxygen atoms in total. The second-order valence-corrected chi connectivity index (χ2v) is 8.80. The summed E-state index contributed by atoms with van der Waals surface area (Å²) >= 11 is 7.83. The predicted molar refractivity (Wildman–Crippen MR) is 114 cm³/mol. The van der Waals surface area contributed by atoms with Crippen molar-refractivity contribution in [3.8, 4) is 0 Å². The third-order valence-electron chi connectivity index (χ3n) is 5.34. The first-order valence-corrected chi connectivity index (χ1v) is 10.6. The van der Waals surface area contributed by atoms with Gasteiger partial charge in [0.05, 0.1) is 5.56 Å². The maximum absolute atomic E-state index is 12.9. The highest BCUT2D eigenvalue weighted by atomic mass is 35.5. The van der Waals surface area contributed by atoms with Crippen molar-refractivity contribution in [1.29, 1.82) is 0 Å². The van der Waals surface area contributed by atoms with E-state index in [4.69, 9.17) is 11.6 Å². The predicted octanol–water partition coefficient (Wildman–Crippen LogP) is 4.81. The summed E-state index contributed by atoms with van der Waals surface area (Å²) in [4.78, 5) is 16.6. The van der Waals surface area contributed by atoms with Gasteiger partial charge in [-0.1, -0.05) is 54.1 Å². The van der Waals surface area contributed by atoms with Crippen molar-refractivity contribution in [2.45, 2.75) is 25.7 Å². The van der Waals surface area contributed by atoms with Crippen molar-refractivity contribution >= 4 is 33.8 Å². The number of carbonyl (C=O) groups excluding carboxylic acids is 1. The Bertz CT molecular complexity index is 1030. The number of nitrogens with zero attached hydrogens (tertiary/aromatic N) is 1. The molecule has 142 valence electrons. The highest BCUT2D eigenvalue weighted by molar-refractivity contribution is 7.16. The van der Waals surface area contributed by atoms with E-state index in [1.807, 2.05) is 30.3 Å². The first-order chi connectivity index (χ1) is 13.7. The van der Waals surface area contributed by atoms with Crippen LogP contribution < -0.4 is 10.6 Å². The molecular weight excluding hydrogens is 390 g/mol. The molecule has 0 spiro atoms. The van der Waals surface area contributed by atoms with Crippen LogP contribution in [0.25, 0.3) is 0 Å². The van der Waals surface area contributed by atoms with E-state index < -0.39 is 0 Å². The number of anilines is 1. The van der Waals surface area contributed by atoms with Gasteiger partial charge < -0.3 is 10.6 Å². The van der Waals surface area contributed by atoms with Crippen LogP contribution in [-0.2, 0) is 19.5 Å². The number of carbonyl (C=O) groups is 1. The average molecular weight is 410 g/mol. The molecule has 1 unspecified atom stereocenters. The lowest BCUT2D eigenvalue weighted by molar-refractivity contribution is 0.0934. The number of halogens is 1. The normalized spacial score (nSPS) is 18.8. The molecule has 28 heavy (non-hydrogen) atoms. The van der Waals surface area contributed by atoms with E-state index in [0.29, 0.717) is 5.02 Å². The molecule has 0 saturated carbocycles. The number of nitrogens with one attached hydrogen (secondary N) is 2. The monoisotopic (exact) mass is 409 g/mol. The number of hydrogen-bond donors (Lipinski definition) is 2. The van der Waals surface area contributed by atoms with Gasteiger partial charge in [0.1, 0.15) is 11.2 Å². The molecule has 0 saturated heterocycles. The largest absolute Gasteiger partial charge is 0.353 e. The number of rotatable bonds is 3. The average Bonchev–Trinajstić information content (AvgIpc) is 3.07. The Balaban J connectivity index is 1.39. The Labute approximate surface area is 173 Å². The summed E-state index contributed by atoms with van der Waals surface area (Å²) in [5, 5.41) is 8.23. The maximum atomic E-state index is 12.9. The summed E-state index contributed by atoms with van der Waals surface area (Å²) in [7, 11) is 0. The zero-order chi connectivity index (χ0) is 19.1. The van der Waals surface area contributed by atoms with Gasteiger partial charge in [-0.05, 0) is 35.2 Å². The molecule has 2 N–H and O–H groups in total. The van der Waals surface area contributed by atoms with Crippen LogP contribution in [0.2, 0.25) is 5.02 Å². The van der Waals surface area contributed by atoms with Gasteiger partial charge in [-0.15, -0.1) is 11.3 Å². The Morgan fingerprint density at radius 3 is 2.79 bits per heavy atom. The van der Waals surface area contributed by atoms with Crippen LogP contribution >= 0.6 is 22.9 Å². The maximum Gasteiger partial charge on any atom is 0.256 e. The van der Waals surface area contributed by atoms with E-state index >= 15 is 0 Å². The van der Waals surface area contributed by atoms with Crippen LogP contribution in [0.3, 0.4) is 0 Å². The molecule has 6 heteroatoms. The Morgan fingerprint density at radius 2 is 1.96 bits per heavy atom. The summed E-state index contributed by atoms with van der Waals surface area (Å²) in [6.07, 6.45) is 0.657. The zero-order valence-electron chi connectivity index (χ0n) is 15.2. The number of hydrogen-bond acceptors (Lipinski definition) is 4. The van der Waals surface area contributed by atoms with Gasteiger partial charge in [0.25, 0.3) is 5.91 Å². The minimum absolute atomic E-state index is 0.00716. The van der Waals surface area contributed by atoms with E-state index in [9.17, 15) is 4.79 Å². The smallest absolute Gasteiger partial charge is 0.256 e. The van der Waals surface area contributed by atoms with Crippen LogP contribution in [-0.4, -0.2) is 17.4 Å². The zero-order valence-corrected chi connectivity index (χ0v) is 16.8.